The average molecular weight is 634 g/mol. The number of amides is 2. The molecule has 0 saturated carbocycles. The van der Waals surface area contributed by atoms with E-state index >= 15 is 0 Å². The summed E-state index contributed by atoms with van der Waals surface area (Å²) >= 11 is 12.5. The fourth-order valence-electron chi connectivity index (χ4n) is 5.36. The van der Waals surface area contributed by atoms with Crippen molar-refractivity contribution in [1.82, 2.24) is 15.1 Å². The van der Waals surface area contributed by atoms with Gasteiger partial charge in [0.15, 0.2) is 11.4 Å². The number of nitrogens with zero attached hydrogens (tertiary/aromatic N) is 3. The molecule has 44 heavy (non-hydrogen) atoms. The third-order valence-corrected chi connectivity index (χ3v) is 7.89. The number of nitriles is 1. The first kappa shape index (κ1) is 29.1. The van der Waals surface area contributed by atoms with Crippen LogP contribution in [0.5, 0.6) is 5.75 Å². The Kier molecular flexibility index (Phi) is 7.21. The lowest BCUT2D eigenvalue weighted by Crippen LogP contribution is -2.44. The van der Waals surface area contributed by atoms with E-state index in [0.717, 1.165) is 29.2 Å². The van der Waals surface area contributed by atoms with Gasteiger partial charge in [0, 0.05) is 38.7 Å². The average Bonchev–Trinajstić information content (AvgIpc) is 3.51. The second-order valence-electron chi connectivity index (χ2n) is 9.93. The van der Waals surface area contributed by atoms with Crippen molar-refractivity contribution in [3.05, 3.63) is 122 Å². The maximum Gasteiger partial charge on any atom is 0.259 e. The van der Waals surface area contributed by atoms with Crippen molar-refractivity contribution in [2.24, 2.45) is 0 Å². The van der Waals surface area contributed by atoms with Crippen molar-refractivity contribution in [3.63, 3.8) is 0 Å². The molecule has 4 aromatic carbocycles. The van der Waals surface area contributed by atoms with E-state index < -0.39 is 29.2 Å². The zero-order chi connectivity index (χ0) is 31.3. The quantitative estimate of drug-likeness (QED) is 0.206. The number of nitrogens with one attached hydrogen (secondary N) is 2. The number of methoxy groups -OCH3 is 1. The third kappa shape index (κ3) is 4.69. The number of aromatic amines is 1. The van der Waals surface area contributed by atoms with Crippen molar-refractivity contribution in [2.45, 2.75) is 12.3 Å². The Labute approximate surface area is 258 Å². The molecule has 0 aliphatic carbocycles. The smallest absolute Gasteiger partial charge is 0.259 e. The summed E-state index contributed by atoms with van der Waals surface area (Å²) in [6.07, 6.45) is 0. The Morgan fingerprint density at radius 1 is 1.11 bits per heavy atom. The Morgan fingerprint density at radius 2 is 1.86 bits per heavy atom. The van der Waals surface area contributed by atoms with Gasteiger partial charge in [-0.05, 0) is 60.2 Å². The molecule has 3 N–H and O–H groups in total. The van der Waals surface area contributed by atoms with Crippen molar-refractivity contribution >= 4 is 51.6 Å². The summed E-state index contributed by atoms with van der Waals surface area (Å²) in [6, 6.07) is 16.5. The fraction of sp³-hybridized carbons (Fsp3) is 0.0968. The van der Waals surface area contributed by atoms with E-state index in [2.05, 4.69) is 15.5 Å². The van der Waals surface area contributed by atoms with Gasteiger partial charge in [-0.25, -0.2) is 8.78 Å². The SMILES string of the molecule is COc1ccc(CN2C(=O)c3c(c(NC(=O)c4cc(F)cc(Cl)c4)cc4c(C#N)n[nH]c34)C2(O)c2cc(F)ccc2Cl)cc1. The van der Waals surface area contributed by atoms with Crippen LogP contribution in [-0.2, 0) is 12.3 Å². The number of halogens is 4. The van der Waals surface area contributed by atoms with Gasteiger partial charge in [0.1, 0.15) is 23.5 Å². The molecule has 1 aliphatic heterocycles. The van der Waals surface area contributed by atoms with Crippen LogP contribution in [-0.4, -0.2) is 39.1 Å². The summed E-state index contributed by atoms with van der Waals surface area (Å²) in [4.78, 5) is 28.8. The highest BCUT2D eigenvalue weighted by atomic mass is 35.5. The number of ether oxygens (including phenoxy) is 1. The molecule has 0 radical (unpaired) electrons. The number of carbonyl (C=O) groups is 2. The predicted octanol–water partition coefficient (Wildman–Crippen LogP) is 6.13. The summed E-state index contributed by atoms with van der Waals surface area (Å²) in [5, 5.41) is 31.7. The molecule has 1 aromatic heterocycles. The number of H-pyrrole nitrogens is 1. The summed E-state index contributed by atoms with van der Waals surface area (Å²) in [7, 11) is 1.50. The molecule has 1 aliphatic rings. The van der Waals surface area contributed by atoms with Crippen LogP contribution in [0.4, 0.5) is 14.5 Å². The lowest BCUT2D eigenvalue weighted by atomic mass is 9.90. The van der Waals surface area contributed by atoms with Gasteiger partial charge in [-0.15, -0.1) is 0 Å². The Hall–Kier alpha value is -5.02. The molecule has 2 heterocycles. The van der Waals surface area contributed by atoms with Gasteiger partial charge < -0.3 is 15.2 Å². The molecule has 0 spiro atoms. The van der Waals surface area contributed by atoms with Crippen molar-refractivity contribution in [3.8, 4) is 11.8 Å². The van der Waals surface area contributed by atoms with Crippen LogP contribution in [0.25, 0.3) is 10.9 Å². The highest BCUT2D eigenvalue weighted by Crippen LogP contribution is 2.51. The molecule has 2 amide bonds. The van der Waals surface area contributed by atoms with Gasteiger partial charge in [-0.3, -0.25) is 19.6 Å². The Morgan fingerprint density at radius 3 is 2.55 bits per heavy atom. The summed E-state index contributed by atoms with van der Waals surface area (Å²) < 4.78 is 34.1. The molecular weight excluding hydrogens is 615 g/mol. The lowest BCUT2D eigenvalue weighted by Gasteiger charge is -2.36. The van der Waals surface area contributed by atoms with Crippen LogP contribution in [0.1, 0.15) is 43.1 Å². The van der Waals surface area contributed by atoms with E-state index in [4.69, 9.17) is 27.9 Å². The van der Waals surface area contributed by atoms with Gasteiger partial charge >= 0.3 is 0 Å². The topological polar surface area (TPSA) is 131 Å². The molecule has 0 fully saturated rings. The number of hydrogen-bond acceptors (Lipinski definition) is 6. The van der Waals surface area contributed by atoms with E-state index in [-0.39, 0.29) is 61.1 Å². The number of anilines is 1. The van der Waals surface area contributed by atoms with Gasteiger partial charge in [-0.2, -0.15) is 10.4 Å². The van der Waals surface area contributed by atoms with Gasteiger partial charge in [-0.1, -0.05) is 35.3 Å². The normalized spacial score (nSPS) is 15.8. The molecule has 6 rings (SSSR count). The monoisotopic (exact) mass is 633 g/mol. The van der Waals surface area contributed by atoms with Crippen LogP contribution in [0.15, 0.2) is 66.7 Å². The first-order valence-corrected chi connectivity index (χ1v) is 13.7. The Bertz CT molecular complexity index is 2020. The zero-order valence-corrected chi connectivity index (χ0v) is 24.1. The van der Waals surface area contributed by atoms with Crippen LogP contribution < -0.4 is 10.1 Å². The van der Waals surface area contributed by atoms with Crippen LogP contribution >= 0.6 is 23.2 Å². The molecule has 5 aromatic rings. The molecule has 1 atom stereocenters. The number of aliphatic hydroxyl groups is 1. The summed E-state index contributed by atoms with van der Waals surface area (Å²) in [5.74, 6) is -2.55. The molecule has 1 unspecified atom stereocenters. The van der Waals surface area contributed by atoms with Gasteiger partial charge in [0.2, 0.25) is 0 Å². The predicted molar refractivity (Wildman–Crippen MR) is 157 cm³/mol. The standard InChI is InChI=1S/C31H19Cl2F2N5O4/c1-44-20-5-2-15(3-6-20)14-40-30(42)26-27(31(40,43)22-11-18(34)4-7-23(22)33)24(12-21-25(13-36)38-39-28(21)26)37-29(41)16-8-17(32)10-19(35)9-16/h2-12,43H,14H2,1H3,(H,37,41)(H,38,39). The summed E-state index contributed by atoms with van der Waals surface area (Å²) in [6.45, 7) is -0.200. The minimum Gasteiger partial charge on any atom is -0.497 e. The van der Waals surface area contributed by atoms with E-state index in [1.54, 1.807) is 24.3 Å². The number of benzene rings is 4. The van der Waals surface area contributed by atoms with E-state index in [9.17, 15) is 28.7 Å². The highest BCUT2D eigenvalue weighted by Gasteiger charge is 2.54. The number of rotatable bonds is 6. The Balaban J connectivity index is 1.62. The number of carbonyl (C=O) groups excluding carboxylic acids is 2. The number of fused-ring (bicyclic) bond motifs is 3. The minimum absolute atomic E-state index is 0.0404. The van der Waals surface area contributed by atoms with Crippen LogP contribution in [0.3, 0.4) is 0 Å². The zero-order valence-electron chi connectivity index (χ0n) is 22.6. The van der Waals surface area contributed by atoms with Crippen LogP contribution in [0, 0.1) is 23.0 Å². The van der Waals surface area contributed by atoms with Crippen molar-refractivity contribution < 1.29 is 28.2 Å². The highest BCUT2D eigenvalue weighted by molar-refractivity contribution is 6.32. The second-order valence-corrected chi connectivity index (χ2v) is 10.8. The van der Waals surface area contributed by atoms with E-state index in [0.29, 0.717) is 11.3 Å². The van der Waals surface area contributed by atoms with Crippen LogP contribution in [0.2, 0.25) is 10.0 Å². The van der Waals surface area contributed by atoms with Crippen molar-refractivity contribution in [1.29, 1.82) is 5.26 Å². The van der Waals surface area contributed by atoms with E-state index in [1.807, 2.05) is 6.07 Å². The number of hydrogen-bond donors (Lipinski definition) is 3. The first-order valence-electron chi connectivity index (χ1n) is 12.9. The maximum absolute atomic E-state index is 14.7. The molecule has 13 heteroatoms. The second kappa shape index (κ2) is 10.9. The molecule has 0 saturated heterocycles. The number of aromatic nitrogens is 2. The largest absolute Gasteiger partial charge is 0.497 e. The lowest BCUT2D eigenvalue weighted by molar-refractivity contribution is -0.0539. The summed E-state index contributed by atoms with van der Waals surface area (Å²) in [5.41, 5.74) is -2.69. The first-order chi connectivity index (χ1) is 21.0. The molecule has 220 valence electrons. The van der Waals surface area contributed by atoms with Crippen molar-refractivity contribution in [2.75, 3.05) is 12.4 Å². The minimum atomic E-state index is -2.46. The molecule has 0 bridgehead atoms. The van der Waals surface area contributed by atoms with Gasteiger partial charge in [0.25, 0.3) is 11.8 Å². The third-order valence-electron chi connectivity index (χ3n) is 7.34. The molecular formula is C31H19Cl2F2N5O4. The van der Waals surface area contributed by atoms with E-state index in [1.165, 1.54) is 25.3 Å². The molecule has 9 nitrogen and oxygen atoms in total. The maximum atomic E-state index is 14.7. The fourth-order valence-corrected chi connectivity index (χ4v) is 5.83. The van der Waals surface area contributed by atoms with Gasteiger partial charge in [0.05, 0.1) is 23.9 Å².